The number of carbonyl (C=O) groups is 1. The van der Waals surface area contributed by atoms with Crippen LogP contribution in [0.3, 0.4) is 0 Å². The first-order valence-electron chi connectivity index (χ1n) is 7.58. The fraction of sp³-hybridized carbons (Fsp3) is 0.0556. The van der Waals surface area contributed by atoms with Gasteiger partial charge in [-0.15, -0.1) is 11.3 Å². The summed E-state index contributed by atoms with van der Waals surface area (Å²) < 4.78 is 43.1. The number of benzene rings is 2. The number of rotatable bonds is 5. The van der Waals surface area contributed by atoms with Gasteiger partial charge in [0.2, 0.25) is 0 Å². The van der Waals surface area contributed by atoms with Gasteiger partial charge in [-0.25, -0.2) is 0 Å². The van der Waals surface area contributed by atoms with Crippen molar-refractivity contribution < 1.29 is 18.0 Å². The van der Waals surface area contributed by atoms with Gasteiger partial charge in [-0.05, 0) is 60.5 Å². The van der Waals surface area contributed by atoms with Crippen LogP contribution < -0.4 is 10.0 Å². The summed E-state index contributed by atoms with van der Waals surface area (Å²) in [4.78, 5) is 12.4. The maximum Gasteiger partial charge on any atom is 0.416 e. The van der Waals surface area contributed by atoms with E-state index in [1.165, 1.54) is 35.4 Å². The zero-order valence-corrected chi connectivity index (χ0v) is 15.9. The number of hydrogen-bond acceptors (Lipinski definition) is 4. The monoisotopic (exact) mass is 428 g/mol. The Morgan fingerprint density at radius 1 is 1.00 bits per heavy atom. The van der Waals surface area contributed by atoms with Crippen LogP contribution >= 0.6 is 34.9 Å². The standard InChI is InChI=1S/C18H12ClF3N2OS2/c19-15-7-8-16(26-15)27-24-14-6-1-3-11(9-14)17(25)23-13-5-2-4-12(10-13)18(20,21)22/h1-10,24H,(H,23,25). The van der Waals surface area contributed by atoms with E-state index in [4.69, 9.17) is 11.6 Å². The largest absolute Gasteiger partial charge is 0.416 e. The van der Waals surface area contributed by atoms with Crippen LogP contribution in [0.2, 0.25) is 4.34 Å². The highest BCUT2D eigenvalue weighted by Crippen LogP contribution is 2.32. The SMILES string of the molecule is O=C(Nc1cccc(C(F)(F)F)c1)c1cccc(NSc2ccc(Cl)s2)c1. The highest BCUT2D eigenvalue weighted by Gasteiger charge is 2.30. The number of thiophene rings is 1. The maximum atomic E-state index is 12.8. The Hall–Kier alpha value is -2.16. The number of alkyl halides is 3. The van der Waals surface area contributed by atoms with Crippen LogP contribution in [0.4, 0.5) is 24.5 Å². The number of anilines is 2. The Morgan fingerprint density at radius 3 is 2.44 bits per heavy atom. The third-order valence-corrected chi connectivity index (χ3v) is 5.59. The van der Waals surface area contributed by atoms with Crippen molar-refractivity contribution >= 4 is 52.2 Å². The predicted molar refractivity (Wildman–Crippen MR) is 105 cm³/mol. The maximum absolute atomic E-state index is 12.8. The lowest BCUT2D eigenvalue weighted by atomic mass is 10.1. The molecule has 0 unspecified atom stereocenters. The molecule has 0 aliphatic heterocycles. The van der Waals surface area contributed by atoms with Gasteiger partial charge in [0.15, 0.2) is 0 Å². The van der Waals surface area contributed by atoms with Crippen molar-refractivity contribution in [1.29, 1.82) is 0 Å². The van der Waals surface area contributed by atoms with Crippen molar-refractivity contribution in [3.63, 3.8) is 0 Å². The fourth-order valence-electron chi connectivity index (χ4n) is 2.16. The second-order valence-electron chi connectivity index (χ2n) is 5.38. The number of halogens is 4. The summed E-state index contributed by atoms with van der Waals surface area (Å²) >= 11 is 8.65. The summed E-state index contributed by atoms with van der Waals surface area (Å²) in [6, 6.07) is 14.8. The molecular formula is C18H12ClF3N2OS2. The molecule has 0 atom stereocenters. The highest BCUT2D eigenvalue weighted by molar-refractivity contribution is 8.02. The minimum Gasteiger partial charge on any atom is -0.325 e. The summed E-state index contributed by atoms with van der Waals surface area (Å²) in [5, 5.41) is 2.49. The molecule has 0 saturated heterocycles. The topological polar surface area (TPSA) is 41.1 Å². The van der Waals surface area contributed by atoms with Gasteiger partial charge in [-0.2, -0.15) is 13.2 Å². The molecular weight excluding hydrogens is 417 g/mol. The molecule has 140 valence electrons. The first kappa shape index (κ1) is 19.6. The molecule has 2 aromatic carbocycles. The minimum absolute atomic E-state index is 0.0794. The van der Waals surface area contributed by atoms with Crippen molar-refractivity contribution in [3.05, 3.63) is 76.1 Å². The van der Waals surface area contributed by atoms with E-state index >= 15 is 0 Å². The van der Waals surface area contributed by atoms with Gasteiger partial charge >= 0.3 is 6.18 Å². The van der Waals surface area contributed by atoms with Gasteiger partial charge in [-0.3, -0.25) is 4.79 Å². The normalized spacial score (nSPS) is 11.3. The zero-order chi connectivity index (χ0) is 19.4. The number of carbonyl (C=O) groups excluding carboxylic acids is 1. The first-order chi connectivity index (χ1) is 12.8. The Kier molecular flexibility index (Phi) is 5.98. The van der Waals surface area contributed by atoms with E-state index in [1.807, 2.05) is 6.07 Å². The summed E-state index contributed by atoms with van der Waals surface area (Å²) in [6.45, 7) is 0. The van der Waals surface area contributed by atoms with Crippen LogP contribution in [-0.2, 0) is 6.18 Å². The molecule has 9 heteroatoms. The van der Waals surface area contributed by atoms with Crippen molar-refractivity contribution in [2.75, 3.05) is 10.0 Å². The lowest BCUT2D eigenvalue weighted by molar-refractivity contribution is -0.137. The van der Waals surface area contributed by atoms with Crippen molar-refractivity contribution in [1.82, 2.24) is 0 Å². The predicted octanol–water partition coefficient (Wildman–Crippen LogP) is 6.79. The lowest BCUT2D eigenvalue weighted by Crippen LogP contribution is -2.13. The molecule has 3 rings (SSSR count). The van der Waals surface area contributed by atoms with Crippen LogP contribution in [-0.4, -0.2) is 5.91 Å². The zero-order valence-electron chi connectivity index (χ0n) is 13.5. The van der Waals surface area contributed by atoms with E-state index in [2.05, 4.69) is 10.0 Å². The fourth-order valence-corrected chi connectivity index (χ4v) is 4.12. The Labute approximate surface area is 166 Å². The van der Waals surface area contributed by atoms with E-state index in [-0.39, 0.29) is 5.69 Å². The molecule has 0 spiro atoms. The van der Waals surface area contributed by atoms with E-state index in [1.54, 1.807) is 30.3 Å². The molecule has 0 fully saturated rings. The third kappa shape index (κ3) is 5.41. The Morgan fingerprint density at radius 2 is 1.74 bits per heavy atom. The molecule has 2 N–H and O–H groups in total. The molecule has 0 bridgehead atoms. The van der Waals surface area contributed by atoms with E-state index in [0.717, 1.165) is 16.3 Å². The molecule has 0 radical (unpaired) electrons. The van der Waals surface area contributed by atoms with Gasteiger partial charge in [0.05, 0.1) is 14.1 Å². The molecule has 1 aromatic heterocycles. The minimum atomic E-state index is -4.47. The molecule has 3 nitrogen and oxygen atoms in total. The van der Waals surface area contributed by atoms with E-state index in [9.17, 15) is 18.0 Å². The Balaban J connectivity index is 1.68. The number of nitrogens with one attached hydrogen (secondary N) is 2. The van der Waals surface area contributed by atoms with Gasteiger partial charge in [0.25, 0.3) is 5.91 Å². The summed E-state index contributed by atoms with van der Waals surface area (Å²) in [5.74, 6) is -0.498. The van der Waals surface area contributed by atoms with Gasteiger partial charge < -0.3 is 10.0 Å². The van der Waals surface area contributed by atoms with E-state index in [0.29, 0.717) is 15.6 Å². The van der Waals surface area contributed by atoms with Gasteiger partial charge in [0.1, 0.15) is 0 Å². The highest BCUT2D eigenvalue weighted by atomic mass is 35.5. The average Bonchev–Trinajstić information content (AvgIpc) is 3.05. The number of amides is 1. The summed E-state index contributed by atoms with van der Waals surface area (Å²) in [5.41, 5.74) is 0.265. The molecule has 0 saturated carbocycles. The van der Waals surface area contributed by atoms with Crippen molar-refractivity contribution in [2.24, 2.45) is 0 Å². The molecule has 3 aromatic rings. The van der Waals surface area contributed by atoms with Crippen molar-refractivity contribution in [3.8, 4) is 0 Å². The van der Waals surface area contributed by atoms with Crippen LogP contribution in [0, 0.1) is 0 Å². The molecule has 1 heterocycles. The summed E-state index contributed by atoms with van der Waals surface area (Å²) in [7, 11) is 0. The summed E-state index contributed by atoms with van der Waals surface area (Å²) in [6.07, 6.45) is -4.47. The van der Waals surface area contributed by atoms with Crippen LogP contribution in [0.15, 0.2) is 64.9 Å². The number of hydrogen-bond donors (Lipinski definition) is 2. The van der Waals surface area contributed by atoms with Crippen LogP contribution in [0.1, 0.15) is 15.9 Å². The smallest absolute Gasteiger partial charge is 0.325 e. The second-order valence-corrected chi connectivity index (χ2v) is 8.20. The molecule has 0 aliphatic carbocycles. The van der Waals surface area contributed by atoms with E-state index < -0.39 is 17.6 Å². The van der Waals surface area contributed by atoms with Crippen molar-refractivity contribution in [2.45, 2.75) is 10.4 Å². The lowest BCUT2D eigenvalue weighted by Gasteiger charge is -2.10. The molecule has 27 heavy (non-hydrogen) atoms. The van der Waals surface area contributed by atoms with Gasteiger partial charge in [-0.1, -0.05) is 23.7 Å². The van der Waals surface area contributed by atoms with Gasteiger partial charge in [0, 0.05) is 16.9 Å². The second kappa shape index (κ2) is 8.24. The molecule has 1 amide bonds. The third-order valence-electron chi connectivity index (χ3n) is 3.39. The van der Waals surface area contributed by atoms with Crippen LogP contribution in [0.5, 0.6) is 0 Å². The van der Waals surface area contributed by atoms with Crippen LogP contribution in [0.25, 0.3) is 0 Å². The first-order valence-corrected chi connectivity index (χ1v) is 9.59. The quantitative estimate of drug-likeness (QED) is 0.439. The average molecular weight is 429 g/mol. The Bertz CT molecular complexity index is 960. The molecule has 0 aliphatic rings.